The van der Waals surface area contributed by atoms with Crippen molar-refractivity contribution >= 4 is 10.0 Å². The van der Waals surface area contributed by atoms with Gasteiger partial charge in [0.1, 0.15) is 5.82 Å². The first kappa shape index (κ1) is 16.4. The molecule has 1 aromatic rings. The zero-order chi connectivity index (χ0) is 15.6. The molecule has 0 saturated carbocycles. The summed E-state index contributed by atoms with van der Waals surface area (Å²) in [5.41, 5.74) is 5.67. The van der Waals surface area contributed by atoms with Gasteiger partial charge in [-0.3, -0.25) is 0 Å². The van der Waals surface area contributed by atoms with Crippen LogP contribution in [0.2, 0.25) is 0 Å². The summed E-state index contributed by atoms with van der Waals surface area (Å²) in [4.78, 5) is 2.15. The van der Waals surface area contributed by atoms with E-state index < -0.39 is 15.8 Å². The van der Waals surface area contributed by atoms with Gasteiger partial charge in [0.15, 0.2) is 0 Å². The standard InChI is InChI=1S/C14H22FN3O2S/c1-17(2)12-4-3-7-18(10-12)21(19,20)13-5-6-14(15)11(8-13)9-16/h5-6,8,12H,3-4,7,9-10,16H2,1-2H3. The van der Waals surface area contributed by atoms with Crippen LogP contribution in [0.4, 0.5) is 4.39 Å². The summed E-state index contributed by atoms with van der Waals surface area (Å²) in [5.74, 6) is -0.471. The number of rotatable bonds is 4. The SMILES string of the molecule is CN(C)C1CCCN(S(=O)(=O)c2ccc(F)c(CN)c2)C1. The number of halogens is 1. The normalized spacial score (nSPS) is 20.9. The van der Waals surface area contributed by atoms with Gasteiger partial charge in [-0.05, 0) is 45.1 Å². The number of sulfonamides is 1. The summed E-state index contributed by atoms with van der Waals surface area (Å²) < 4.78 is 40.3. The summed E-state index contributed by atoms with van der Waals surface area (Å²) in [6.07, 6.45) is 1.81. The first-order chi connectivity index (χ1) is 9.86. The smallest absolute Gasteiger partial charge is 0.243 e. The van der Waals surface area contributed by atoms with E-state index in [1.165, 1.54) is 22.5 Å². The lowest BCUT2D eigenvalue weighted by Gasteiger charge is -2.35. The molecule has 1 atom stereocenters. The maximum Gasteiger partial charge on any atom is 0.243 e. The summed E-state index contributed by atoms with van der Waals surface area (Å²) >= 11 is 0. The molecule has 1 saturated heterocycles. The van der Waals surface area contributed by atoms with E-state index in [1.807, 2.05) is 19.0 Å². The molecule has 0 aromatic heterocycles. The van der Waals surface area contributed by atoms with Crippen LogP contribution in [0, 0.1) is 5.82 Å². The molecule has 1 unspecified atom stereocenters. The van der Waals surface area contributed by atoms with Gasteiger partial charge in [0.25, 0.3) is 0 Å². The Morgan fingerprint density at radius 1 is 1.43 bits per heavy atom. The van der Waals surface area contributed by atoms with Crippen molar-refractivity contribution in [1.29, 1.82) is 0 Å². The lowest BCUT2D eigenvalue weighted by Crippen LogP contribution is -2.47. The quantitative estimate of drug-likeness (QED) is 0.900. The van der Waals surface area contributed by atoms with Gasteiger partial charge in [0, 0.05) is 31.2 Å². The molecule has 2 N–H and O–H groups in total. The van der Waals surface area contributed by atoms with Crippen LogP contribution >= 0.6 is 0 Å². The Bertz CT molecular complexity index is 604. The highest BCUT2D eigenvalue weighted by molar-refractivity contribution is 7.89. The van der Waals surface area contributed by atoms with Crippen molar-refractivity contribution < 1.29 is 12.8 Å². The van der Waals surface area contributed by atoms with Gasteiger partial charge in [-0.2, -0.15) is 4.31 Å². The molecule has 0 aliphatic carbocycles. The zero-order valence-corrected chi connectivity index (χ0v) is 13.2. The van der Waals surface area contributed by atoms with Crippen molar-refractivity contribution in [3.63, 3.8) is 0 Å². The molecule has 1 aliphatic rings. The fourth-order valence-corrected chi connectivity index (χ4v) is 4.14. The minimum Gasteiger partial charge on any atom is -0.326 e. The van der Waals surface area contributed by atoms with Crippen LogP contribution in [0.25, 0.3) is 0 Å². The minimum atomic E-state index is -3.59. The second-order valence-electron chi connectivity index (χ2n) is 5.58. The molecule has 118 valence electrons. The maximum atomic E-state index is 13.5. The monoisotopic (exact) mass is 315 g/mol. The first-order valence-electron chi connectivity index (χ1n) is 7.01. The van der Waals surface area contributed by atoms with E-state index in [2.05, 4.69) is 0 Å². The van der Waals surface area contributed by atoms with Gasteiger partial charge < -0.3 is 10.6 Å². The number of nitrogens with two attached hydrogens (primary N) is 1. The molecule has 1 aliphatic heterocycles. The largest absolute Gasteiger partial charge is 0.326 e. The molecule has 0 radical (unpaired) electrons. The van der Waals surface area contributed by atoms with Gasteiger partial charge in [0.2, 0.25) is 10.0 Å². The third kappa shape index (κ3) is 3.42. The molecule has 0 bridgehead atoms. The fourth-order valence-electron chi connectivity index (χ4n) is 2.58. The molecule has 1 heterocycles. The molecule has 5 nitrogen and oxygen atoms in total. The number of hydrogen-bond donors (Lipinski definition) is 1. The molecule has 1 fully saturated rings. The average Bonchev–Trinajstić information content (AvgIpc) is 2.47. The third-order valence-electron chi connectivity index (χ3n) is 3.96. The van der Waals surface area contributed by atoms with E-state index in [9.17, 15) is 12.8 Å². The van der Waals surface area contributed by atoms with Crippen molar-refractivity contribution in [3.05, 3.63) is 29.6 Å². The summed E-state index contributed by atoms with van der Waals surface area (Å²) in [6.45, 7) is 0.947. The van der Waals surface area contributed by atoms with Crippen molar-refractivity contribution in [1.82, 2.24) is 9.21 Å². The predicted octanol–water partition coefficient (Wildman–Crippen LogP) is 0.999. The van der Waals surface area contributed by atoms with Crippen LogP contribution < -0.4 is 5.73 Å². The minimum absolute atomic E-state index is 0.0183. The first-order valence-corrected chi connectivity index (χ1v) is 8.45. The van der Waals surface area contributed by atoms with Crippen LogP contribution in [0.1, 0.15) is 18.4 Å². The number of nitrogens with zero attached hydrogens (tertiary/aromatic N) is 2. The molecule has 7 heteroatoms. The topological polar surface area (TPSA) is 66.6 Å². The second kappa shape index (κ2) is 6.39. The average molecular weight is 315 g/mol. The van der Waals surface area contributed by atoms with E-state index in [-0.39, 0.29) is 23.0 Å². The van der Waals surface area contributed by atoms with E-state index in [0.717, 1.165) is 12.8 Å². The van der Waals surface area contributed by atoms with Gasteiger partial charge >= 0.3 is 0 Å². The zero-order valence-electron chi connectivity index (χ0n) is 12.4. The van der Waals surface area contributed by atoms with Crippen molar-refractivity contribution in [2.45, 2.75) is 30.3 Å². The van der Waals surface area contributed by atoms with Crippen LogP contribution in [0.15, 0.2) is 23.1 Å². The Labute approximate surface area is 125 Å². The summed E-state index contributed by atoms with van der Waals surface area (Å²) in [7, 11) is 0.306. The lowest BCUT2D eigenvalue weighted by atomic mass is 10.1. The Morgan fingerprint density at radius 3 is 2.76 bits per heavy atom. The van der Waals surface area contributed by atoms with Gasteiger partial charge in [-0.1, -0.05) is 0 Å². The summed E-state index contributed by atoms with van der Waals surface area (Å²) in [6, 6.07) is 4.03. The van der Waals surface area contributed by atoms with E-state index in [4.69, 9.17) is 5.73 Å². The molecule has 1 aromatic carbocycles. The number of benzene rings is 1. The van der Waals surface area contributed by atoms with Gasteiger partial charge in [-0.15, -0.1) is 0 Å². The van der Waals surface area contributed by atoms with Crippen molar-refractivity contribution in [2.24, 2.45) is 5.73 Å². The van der Waals surface area contributed by atoms with Crippen LogP contribution in [-0.2, 0) is 16.6 Å². The highest BCUT2D eigenvalue weighted by atomic mass is 32.2. The number of piperidine rings is 1. The van der Waals surface area contributed by atoms with Crippen LogP contribution in [0.3, 0.4) is 0 Å². The van der Waals surface area contributed by atoms with Crippen molar-refractivity contribution in [2.75, 3.05) is 27.2 Å². The molecular weight excluding hydrogens is 293 g/mol. The molecule has 21 heavy (non-hydrogen) atoms. The Morgan fingerprint density at radius 2 is 2.14 bits per heavy atom. The van der Waals surface area contributed by atoms with Crippen LogP contribution in [0.5, 0.6) is 0 Å². The third-order valence-corrected chi connectivity index (χ3v) is 5.83. The molecule has 0 spiro atoms. The lowest BCUT2D eigenvalue weighted by molar-refractivity contribution is 0.190. The molecule has 0 amide bonds. The second-order valence-corrected chi connectivity index (χ2v) is 7.52. The van der Waals surface area contributed by atoms with Crippen LogP contribution in [-0.4, -0.2) is 50.8 Å². The Balaban J connectivity index is 2.29. The van der Waals surface area contributed by atoms with E-state index in [1.54, 1.807) is 0 Å². The summed E-state index contributed by atoms with van der Waals surface area (Å²) in [5, 5.41) is 0. The maximum absolute atomic E-state index is 13.5. The highest BCUT2D eigenvalue weighted by Gasteiger charge is 2.31. The molecule has 2 rings (SSSR count). The Hall–Kier alpha value is -1.02. The van der Waals surface area contributed by atoms with Gasteiger partial charge in [-0.25, -0.2) is 12.8 Å². The fraction of sp³-hybridized carbons (Fsp3) is 0.571. The van der Waals surface area contributed by atoms with Gasteiger partial charge in [0.05, 0.1) is 4.90 Å². The molecular formula is C14H22FN3O2S. The number of hydrogen-bond acceptors (Lipinski definition) is 4. The van der Waals surface area contributed by atoms with E-state index in [0.29, 0.717) is 13.1 Å². The van der Waals surface area contributed by atoms with E-state index >= 15 is 0 Å². The van der Waals surface area contributed by atoms with Crippen molar-refractivity contribution in [3.8, 4) is 0 Å². The highest BCUT2D eigenvalue weighted by Crippen LogP contribution is 2.23. The Kier molecular flexibility index (Phi) is 4.98. The predicted molar refractivity (Wildman–Crippen MR) is 79.8 cm³/mol. The number of likely N-dealkylation sites (N-methyl/N-ethyl adjacent to an activating group) is 1.